The van der Waals surface area contributed by atoms with E-state index >= 15 is 0 Å². The molecular weight excluding hydrogens is 256 g/mol. The molecule has 0 radical (unpaired) electrons. The quantitative estimate of drug-likeness (QED) is 0.717. The predicted octanol–water partition coefficient (Wildman–Crippen LogP) is 2.46. The molecule has 0 fully saturated rings. The number of amides is 1. The first-order valence-electron chi connectivity index (χ1n) is 6.87. The monoisotopic (exact) mass is 280 g/mol. The average Bonchev–Trinajstić information content (AvgIpc) is 2.44. The van der Waals surface area contributed by atoms with Crippen LogP contribution in [0, 0.1) is 0 Å². The van der Waals surface area contributed by atoms with Crippen molar-refractivity contribution in [2.45, 2.75) is 33.4 Å². The molecule has 4 heteroatoms. The van der Waals surface area contributed by atoms with Gasteiger partial charge in [0.25, 0.3) is 0 Å². The Balaban J connectivity index is 2.64. The molecule has 0 aliphatic heterocycles. The van der Waals surface area contributed by atoms with Gasteiger partial charge in [-0.25, -0.2) is 0 Å². The topological polar surface area (TPSA) is 32.3 Å². The summed E-state index contributed by atoms with van der Waals surface area (Å²) in [6.07, 6.45) is 0.474. The summed E-state index contributed by atoms with van der Waals surface area (Å²) in [4.78, 5) is 13.9. The predicted molar refractivity (Wildman–Crippen MR) is 83.4 cm³/mol. The van der Waals surface area contributed by atoms with E-state index in [2.05, 4.69) is 54.9 Å². The number of benzene rings is 1. The Hall–Kier alpha value is -1.000. The molecule has 0 aromatic heterocycles. The number of rotatable bonds is 8. The van der Waals surface area contributed by atoms with E-state index in [0.717, 1.165) is 19.6 Å². The Bertz CT molecular complexity index is 391. The zero-order chi connectivity index (χ0) is 14.1. The van der Waals surface area contributed by atoms with Crippen LogP contribution in [0.4, 0.5) is 0 Å². The second-order valence-corrected chi connectivity index (χ2v) is 4.93. The second-order valence-electron chi connectivity index (χ2n) is 4.48. The summed E-state index contributed by atoms with van der Waals surface area (Å²) in [6, 6.07) is 8.29. The normalized spacial score (nSPS) is 10.7. The van der Waals surface area contributed by atoms with Gasteiger partial charge in [-0.15, -0.1) is 0 Å². The van der Waals surface area contributed by atoms with Gasteiger partial charge < -0.3 is 5.32 Å². The molecule has 0 saturated carbocycles. The third kappa shape index (κ3) is 5.66. The summed E-state index contributed by atoms with van der Waals surface area (Å²) in [5.41, 5.74) is 2.49. The lowest BCUT2D eigenvalue weighted by molar-refractivity contribution is -0.120. The molecule has 1 rings (SSSR count). The zero-order valence-corrected chi connectivity index (χ0v) is 12.7. The van der Waals surface area contributed by atoms with Gasteiger partial charge >= 0.3 is 0 Å². The largest absolute Gasteiger partial charge is 0.352 e. The third-order valence-electron chi connectivity index (χ3n) is 3.22. The zero-order valence-electron chi connectivity index (χ0n) is 11.9. The SMILES string of the molecule is CCN(CC)Cc1ccccc1CNC(=O)CCS. The van der Waals surface area contributed by atoms with E-state index in [1.165, 1.54) is 11.1 Å². The van der Waals surface area contributed by atoms with Gasteiger partial charge in [-0.1, -0.05) is 38.1 Å². The van der Waals surface area contributed by atoms with Crippen molar-refractivity contribution in [3.63, 3.8) is 0 Å². The van der Waals surface area contributed by atoms with Crippen LogP contribution in [0.3, 0.4) is 0 Å². The van der Waals surface area contributed by atoms with Gasteiger partial charge in [0.05, 0.1) is 0 Å². The summed E-state index contributed by atoms with van der Waals surface area (Å²) in [5.74, 6) is 0.653. The van der Waals surface area contributed by atoms with E-state index in [1.807, 2.05) is 6.07 Å². The van der Waals surface area contributed by atoms with Crippen molar-refractivity contribution in [1.82, 2.24) is 10.2 Å². The van der Waals surface area contributed by atoms with Gasteiger partial charge in [0, 0.05) is 19.5 Å². The van der Waals surface area contributed by atoms with Crippen LogP contribution in [0.15, 0.2) is 24.3 Å². The number of carbonyl (C=O) groups excluding carboxylic acids is 1. The Morgan fingerprint density at radius 2 is 1.84 bits per heavy atom. The smallest absolute Gasteiger partial charge is 0.221 e. The van der Waals surface area contributed by atoms with Gasteiger partial charge in [0.2, 0.25) is 5.91 Å². The molecule has 1 aromatic carbocycles. The molecule has 0 atom stereocenters. The minimum atomic E-state index is 0.0626. The fourth-order valence-electron chi connectivity index (χ4n) is 1.96. The fourth-order valence-corrected chi connectivity index (χ4v) is 2.16. The molecule has 0 unspecified atom stereocenters. The molecule has 106 valence electrons. The Morgan fingerprint density at radius 3 is 2.42 bits per heavy atom. The first kappa shape index (κ1) is 16.1. The van der Waals surface area contributed by atoms with Crippen molar-refractivity contribution in [2.24, 2.45) is 0 Å². The molecule has 0 aliphatic rings. The molecule has 0 spiro atoms. The Labute approximate surface area is 121 Å². The lowest BCUT2D eigenvalue weighted by atomic mass is 10.1. The number of carbonyl (C=O) groups is 1. The van der Waals surface area contributed by atoms with Crippen LogP contribution in [0.2, 0.25) is 0 Å². The van der Waals surface area contributed by atoms with Crippen molar-refractivity contribution in [1.29, 1.82) is 0 Å². The first-order valence-corrected chi connectivity index (χ1v) is 7.51. The van der Waals surface area contributed by atoms with Crippen LogP contribution in [0.5, 0.6) is 0 Å². The number of nitrogens with one attached hydrogen (secondary N) is 1. The molecule has 0 heterocycles. The van der Waals surface area contributed by atoms with Crippen LogP contribution >= 0.6 is 12.6 Å². The molecule has 1 amide bonds. The van der Waals surface area contributed by atoms with Gasteiger partial charge in [0.15, 0.2) is 0 Å². The van der Waals surface area contributed by atoms with Crippen molar-refractivity contribution in [2.75, 3.05) is 18.8 Å². The van der Waals surface area contributed by atoms with Gasteiger partial charge in [-0.2, -0.15) is 12.6 Å². The van der Waals surface area contributed by atoms with Crippen molar-refractivity contribution >= 4 is 18.5 Å². The van der Waals surface area contributed by atoms with E-state index in [9.17, 15) is 4.79 Å². The molecule has 1 aromatic rings. The van der Waals surface area contributed by atoms with E-state index in [-0.39, 0.29) is 5.91 Å². The number of hydrogen-bond donors (Lipinski definition) is 2. The van der Waals surface area contributed by atoms with Crippen LogP contribution in [-0.4, -0.2) is 29.6 Å². The summed E-state index contributed by atoms with van der Waals surface area (Å²) in [6.45, 7) is 7.95. The molecular formula is C15H24N2OS. The number of nitrogens with zero attached hydrogens (tertiary/aromatic N) is 1. The minimum Gasteiger partial charge on any atom is -0.352 e. The van der Waals surface area contributed by atoms with Gasteiger partial charge in [-0.3, -0.25) is 9.69 Å². The second kappa shape index (κ2) is 8.99. The van der Waals surface area contributed by atoms with Crippen LogP contribution in [0.25, 0.3) is 0 Å². The number of thiol groups is 1. The summed E-state index contributed by atoms with van der Waals surface area (Å²) < 4.78 is 0. The van der Waals surface area contributed by atoms with E-state index < -0.39 is 0 Å². The third-order valence-corrected chi connectivity index (χ3v) is 3.45. The Kier molecular flexibility index (Phi) is 7.60. The summed E-state index contributed by atoms with van der Waals surface area (Å²) in [5, 5.41) is 2.94. The highest BCUT2D eigenvalue weighted by Gasteiger charge is 2.07. The molecule has 0 aliphatic carbocycles. The van der Waals surface area contributed by atoms with E-state index in [0.29, 0.717) is 18.7 Å². The summed E-state index contributed by atoms with van der Waals surface area (Å²) >= 11 is 4.06. The maximum atomic E-state index is 11.5. The molecule has 3 nitrogen and oxygen atoms in total. The molecule has 0 bridgehead atoms. The average molecular weight is 280 g/mol. The summed E-state index contributed by atoms with van der Waals surface area (Å²) in [7, 11) is 0. The Morgan fingerprint density at radius 1 is 1.21 bits per heavy atom. The molecule has 0 saturated heterocycles. The highest BCUT2D eigenvalue weighted by molar-refractivity contribution is 7.80. The highest BCUT2D eigenvalue weighted by Crippen LogP contribution is 2.11. The molecule has 1 N–H and O–H groups in total. The fraction of sp³-hybridized carbons (Fsp3) is 0.533. The van der Waals surface area contributed by atoms with Gasteiger partial charge in [-0.05, 0) is 30.0 Å². The van der Waals surface area contributed by atoms with Crippen molar-refractivity contribution in [3.8, 4) is 0 Å². The molecule has 19 heavy (non-hydrogen) atoms. The lowest BCUT2D eigenvalue weighted by Gasteiger charge is -2.20. The van der Waals surface area contributed by atoms with Gasteiger partial charge in [0.1, 0.15) is 0 Å². The van der Waals surface area contributed by atoms with Crippen LogP contribution in [-0.2, 0) is 17.9 Å². The van der Waals surface area contributed by atoms with Crippen molar-refractivity contribution < 1.29 is 4.79 Å². The first-order chi connectivity index (χ1) is 9.21. The van der Waals surface area contributed by atoms with E-state index in [1.54, 1.807) is 0 Å². The van der Waals surface area contributed by atoms with Crippen LogP contribution in [0.1, 0.15) is 31.4 Å². The van der Waals surface area contributed by atoms with Crippen molar-refractivity contribution in [3.05, 3.63) is 35.4 Å². The standard InChI is InChI=1S/C15H24N2OS/c1-3-17(4-2)12-14-8-6-5-7-13(14)11-16-15(18)9-10-19/h5-8,19H,3-4,9-12H2,1-2H3,(H,16,18). The van der Waals surface area contributed by atoms with E-state index in [4.69, 9.17) is 0 Å². The maximum Gasteiger partial charge on any atom is 0.221 e. The number of hydrogen-bond acceptors (Lipinski definition) is 3. The minimum absolute atomic E-state index is 0.0626. The maximum absolute atomic E-state index is 11.5. The van der Waals surface area contributed by atoms with Crippen LogP contribution < -0.4 is 5.32 Å². The highest BCUT2D eigenvalue weighted by atomic mass is 32.1. The lowest BCUT2D eigenvalue weighted by Crippen LogP contribution is -2.26.